The Morgan fingerprint density at radius 2 is 1.62 bits per heavy atom. The first kappa shape index (κ1) is 22.0. The van der Waals surface area contributed by atoms with Gasteiger partial charge in [-0.25, -0.2) is 12.8 Å². The Morgan fingerprint density at radius 3 is 2.28 bits per heavy atom. The second-order valence-electron chi connectivity index (χ2n) is 8.24. The van der Waals surface area contributed by atoms with Crippen LogP contribution >= 0.6 is 0 Å². The number of hydrogen-bond acceptors (Lipinski definition) is 3. The molecule has 1 N–H and O–H groups in total. The molecule has 0 bridgehead atoms. The summed E-state index contributed by atoms with van der Waals surface area (Å²) in [5, 5.41) is 0. The minimum Gasteiger partial charge on any atom is -0.308 e. The van der Waals surface area contributed by atoms with Gasteiger partial charge in [0.05, 0.1) is 10.6 Å². The third-order valence-corrected chi connectivity index (χ3v) is 7.08. The van der Waals surface area contributed by atoms with E-state index in [9.17, 15) is 17.6 Å². The molecule has 1 heterocycles. The van der Waals surface area contributed by atoms with Crippen LogP contribution in [0.25, 0.3) is 0 Å². The van der Waals surface area contributed by atoms with Gasteiger partial charge >= 0.3 is 0 Å². The molecule has 0 atom stereocenters. The van der Waals surface area contributed by atoms with Gasteiger partial charge in [-0.3, -0.25) is 9.52 Å². The molecule has 4 rings (SSSR count). The number of fused-ring (bicyclic) bond motifs is 1. The summed E-state index contributed by atoms with van der Waals surface area (Å²) in [6.45, 7) is 6.25. The van der Waals surface area contributed by atoms with Crippen molar-refractivity contribution in [1.29, 1.82) is 0 Å². The molecule has 0 aliphatic carbocycles. The summed E-state index contributed by atoms with van der Waals surface area (Å²) in [5.74, 6) is -0.632. The number of anilines is 2. The van der Waals surface area contributed by atoms with Crippen molar-refractivity contribution in [2.24, 2.45) is 0 Å². The molecule has 0 unspecified atom stereocenters. The monoisotopic (exact) mass is 452 g/mol. The molecule has 7 heteroatoms. The SMILES string of the molecule is Cc1cc(C)c(NS(=O)(=O)c2ccc3c(c2)CCCN3C(=O)c2ccc(F)cc2)c(C)c1. The number of halogens is 1. The Morgan fingerprint density at radius 1 is 0.969 bits per heavy atom. The average molecular weight is 453 g/mol. The molecule has 5 nitrogen and oxygen atoms in total. The van der Waals surface area contributed by atoms with Crippen molar-refractivity contribution in [2.75, 3.05) is 16.2 Å². The van der Waals surface area contributed by atoms with Gasteiger partial charge in [-0.15, -0.1) is 0 Å². The summed E-state index contributed by atoms with van der Waals surface area (Å²) >= 11 is 0. The fraction of sp³-hybridized carbons (Fsp3) is 0.240. The molecule has 1 amide bonds. The van der Waals surface area contributed by atoms with Crippen LogP contribution in [0.1, 0.15) is 39.0 Å². The van der Waals surface area contributed by atoms with E-state index in [2.05, 4.69) is 4.72 Å². The predicted octanol–water partition coefficient (Wildman–Crippen LogP) is 5.14. The number of aryl methyl sites for hydroxylation is 4. The lowest BCUT2D eigenvalue weighted by Crippen LogP contribution is -2.35. The zero-order valence-electron chi connectivity index (χ0n) is 18.3. The Kier molecular flexibility index (Phi) is 5.77. The maximum atomic E-state index is 13.2. The number of rotatable bonds is 4. The van der Waals surface area contributed by atoms with E-state index in [0.29, 0.717) is 36.3 Å². The summed E-state index contributed by atoms with van der Waals surface area (Å²) in [5.41, 5.74) is 5.26. The molecule has 1 aliphatic rings. The number of nitrogens with zero attached hydrogens (tertiary/aromatic N) is 1. The highest BCUT2D eigenvalue weighted by atomic mass is 32.2. The van der Waals surface area contributed by atoms with Crippen LogP contribution in [0.15, 0.2) is 59.5 Å². The smallest absolute Gasteiger partial charge is 0.261 e. The number of amides is 1. The van der Waals surface area contributed by atoms with Crippen molar-refractivity contribution in [3.05, 3.63) is 88.2 Å². The summed E-state index contributed by atoms with van der Waals surface area (Å²) in [6, 6.07) is 14.2. The highest BCUT2D eigenvalue weighted by Crippen LogP contribution is 2.32. The van der Waals surface area contributed by atoms with Crippen LogP contribution in [0.2, 0.25) is 0 Å². The number of carbonyl (C=O) groups excluding carboxylic acids is 1. The molecule has 166 valence electrons. The van der Waals surface area contributed by atoms with E-state index < -0.39 is 15.8 Å². The summed E-state index contributed by atoms with van der Waals surface area (Å²) in [6.07, 6.45) is 1.39. The van der Waals surface area contributed by atoms with Crippen LogP contribution in [0, 0.1) is 26.6 Å². The largest absolute Gasteiger partial charge is 0.308 e. The van der Waals surface area contributed by atoms with Crippen molar-refractivity contribution in [3.63, 3.8) is 0 Å². The van der Waals surface area contributed by atoms with Gasteiger partial charge in [0.2, 0.25) is 0 Å². The summed E-state index contributed by atoms with van der Waals surface area (Å²) < 4.78 is 42.2. The van der Waals surface area contributed by atoms with Gasteiger partial charge in [-0.1, -0.05) is 17.7 Å². The second-order valence-corrected chi connectivity index (χ2v) is 9.92. The first-order valence-electron chi connectivity index (χ1n) is 10.5. The van der Waals surface area contributed by atoms with Gasteiger partial charge in [-0.2, -0.15) is 0 Å². The van der Waals surface area contributed by atoms with Crippen molar-refractivity contribution in [1.82, 2.24) is 0 Å². The molecule has 0 saturated carbocycles. The quantitative estimate of drug-likeness (QED) is 0.596. The molecule has 3 aromatic carbocycles. The van der Waals surface area contributed by atoms with E-state index >= 15 is 0 Å². The lowest BCUT2D eigenvalue weighted by atomic mass is 10.0. The minimum atomic E-state index is -3.79. The minimum absolute atomic E-state index is 0.159. The van der Waals surface area contributed by atoms with Gasteiger partial charge in [0.15, 0.2) is 0 Å². The second kappa shape index (κ2) is 8.39. The number of hydrogen-bond donors (Lipinski definition) is 1. The first-order valence-corrected chi connectivity index (χ1v) is 11.9. The molecular formula is C25H25FN2O3S. The molecule has 0 aromatic heterocycles. The maximum absolute atomic E-state index is 13.2. The molecule has 0 spiro atoms. The number of nitrogens with one attached hydrogen (secondary N) is 1. The van der Waals surface area contributed by atoms with Crippen LogP contribution in [-0.4, -0.2) is 20.9 Å². The Balaban J connectivity index is 1.65. The van der Waals surface area contributed by atoms with Gasteiger partial charge < -0.3 is 4.90 Å². The van der Waals surface area contributed by atoms with Gasteiger partial charge in [-0.05, 0) is 92.8 Å². The fourth-order valence-electron chi connectivity index (χ4n) is 4.23. The normalized spacial score (nSPS) is 13.6. The molecule has 1 aliphatic heterocycles. The van der Waals surface area contributed by atoms with E-state index in [4.69, 9.17) is 0 Å². The lowest BCUT2D eigenvalue weighted by molar-refractivity contribution is 0.0985. The zero-order chi connectivity index (χ0) is 23.0. The highest BCUT2D eigenvalue weighted by molar-refractivity contribution is 7.92. The van der Waals surface area contributed by atoms with Crippen LogP contribution in [-0.2, 0) is 16.4 Å². The van der Waals surface area contributed by atoms with E-state index in [-0.39, 0.29) is 10.8 Å². The maximum Gasteiger partial charge on any atom is 0.261 e. The highest BCUT2D eigenvalue weighted by Gasteiger charge is 2.26. The van der Waals surface area contributed by atoms with E-state index in [1.54, 1.807) is 17.0 Å². The molecule has 0 saturated heterocycles. The lowest BCUT2D eigenvalue weighted by Gasteiger charge is -2.30. The molecule has 0 fully saturated rings. The van der Waals surface area contributed by atoms with Crippen LogP contribution < -0.4 is 9.62 Å². The number of carbonyl (C=O) groups is 1. The van der Waals surface area contributed by atoms with Gasteiger partial charge in [0.1, 0.15) is 5.82 Å². The van der Waals surface area contributed by atoms with Crippen molar-refractivity contribution in [2.45, 2.75) is 38.5 Å². The average Bonchev–Trinajstić information content (AvgIpc) is 2.75. The Bertz CT molecular complexity index is 1280. The van der Waals surface area contributed by atoms with Gasteiger partial charge in [0, 0.05) is 17.8 Å². The molecule has 3 aromatic rings. The van der Waals surface area contributed by atoms with E-state index in [1.165, 1.54) is 30.3 Å². The number of benzene rings is 3. The Hall–Kier alpha value is -3.19. The standard InChI is InChI=1S/C25H25FN2O3S/c1-16-13-17(2)24(18(3)14-16)27-32(30,31)22-10-11-23-20(15-22)5-4-12-28(23)25(29)19-6-8-21(26)9-7-19/h6-11,13-15,27H,4-5,12H2,1-3H3. The van der Waals surface area contributed by atoms with Crippen molar-refractivity contribution in [3.8, 4) is 0 Å². The van der Waals surface area contributed by atoms with Crippen molar-refractivity contribution < 1.29 is 17.6 Å². The first-order chi connectivity index (χ1) is 15.2. The third kappa shape index (κ3) is 4.25. The fourth-order valence-corrected chi connectivity index (χ4v) is 5.49. The predicted molar refractivity (Wildman–Crippen MR) is 124 cm³/mol. The topological polar surface area (TPSA) is 66.5 Å². The van der Waals surface area contributed by atoms with Crippen LogP contribution in [0.5, 0.6) is 0 Å². The third-order valence-electron chi connectivity index (χ3n) is 5.73. The van der Waals surface area contributed by atoms with Gasteiger partial charge in [0.25, 0.3) is 15.9 Å². The van der Waals surface area contributed by atoms with Crippen LogP contribution in [0.3, 0.4) is 0 Å². The van der Waals surface area contributed by atoms with E-state index in [0.717, 1.165) is 22.3 Å². The molecule has 0 radical (unpaired) electrons. The van der Waals surface area contributed by atoms with E-state index in [1.807, 2.05) is 32.9 Å². The summed E-state index contributed by atoms with van der Waals surface area (Å²) in [7, 11) is -3.79. The van der Waals surface area contributed by atoms with Crippen LogP contribution in [0.4, 0.5) is 15.8 Å². The molecular weight excluding hydrogens is 427 g/mol. The summed E-state index contributed by atoms with van der Waals surface area (Å²) in [4.78, 5) is 14.8. The molecule has 32 heavy (non-hydrogen) atoms. The zero-order valence-corrected chi connectivity index (χ0v) is 19.1. The van der Waals surface area contributed by atoms with Crippen molar-refractivity contribution >= 4 is 27.3 Å². The Labute approximate surface area is 187 Å². The number of sulfonamides is 1.